The van der Waals surface area contributed by atoms with E-state index in [9.17, 15) is 18.0 Å². The highest BCUT2D eigenvalue weighted by Crippen LogP contribution is 2.27. The molecule has 40 heavy (non-hydrogen) atoms. The largest absolute Gasteiger partial charge is 0.350 e. The fourth-order valence-electron chi connectivity index (χ4n) is 4.30. The van der Waals surface area contributed by atoms with E-state index in [-0.39, 0.29) is 17.3 Å². The van der Waals surface area contributed by atoms with E-state index in [4.69, 9.17) is 11.6 Å². The van der Waals surface area contributed by atoms with Crippen molar-refractivity contribution in [3.63, 3.8) is 0 Å². The first kappa shape index (κ1) is 31.2. The highest BCUT2D eigenvalue weighted by Gasteiger charge is 2.34. The normalized spacial score (nSPS) is 12.5. The number of carbonyl (C=O) groups is 2. The number of hydrogen-bond acceptors (Lipinski definition) is 4. The molecule has 1 atom stereocenters. The SMILES string of the molecule is CC[C@@H](C(=O)NC(C)(C)C)N(Cc1ccccc1)C(=O)CN(c1ccc(C)c(C)c1)S(=O)(=O)c1ccc(Cl)cc1. The third-order valence-electron chi connectivity index (χ3n) is 6.54. The molecule has 3 aromatic carbocycles. The van der Waals surface area contributed by atoms with E-state index in [1.54, 1.807) is 12.1 Å². The van der Waals surface area contributed by atoms with Gasteiger partial charge in [-0.2, -0.15) is 0 Å². The Labute approximate surface area is 243 Å². The number of hydrogen-bond donors (Lipinski definition) is 1. The van der Waals surface area contributed by atoms with Crippen molar-refractivity contribution in [1.29, 1.82) is 0 Å². The molecule has 0 heterocycles. The van der Waals surface area contributed by atoms with Crippen LogP contribution < -0.4 is 9.62 Å². The van der Waals surface area contributed by atoms with E-state index in [0.29, 0.717) is 17.1 Å². The highest BCUT2D eigenvalue weighted by atomic mass is 35.5. The molecule has 3 aromatic rings. The number of sulfonamides is 1. The molecule has 1 N–H and O–H groups in total. The Hall–Kier alpha value is -3.36. The van der Waals surface area contributed by atoms with E-state index in [1.165, 1.54) is 29.2 Å². The lowest BCUT2D eigenvalue weighted by Crippen LogP contribution is -2.55. The molecule has 3 rings (SSSR count). The van der Waals surface area contributed by atoms with Crippen molar-refractivity contribution < 1.29 is 18.0 Å². The average Bonchev–Trinajstić information content (AvgIpc) is 2.88. The van der Waals surface area contributed by atoms with Crippen LogP contribution in [0.1, 0.15) is 50.8 Å². The van der Waals surface area contributed by atoms with Gasteiger partial charge in [-0.25, -0.2) is 8.42 Å². The van der Waals surface area contributed by atoms with Crippen LogP contribution in [0.5, 0.6) is 0 Å². The number of halogens is 1. The molecule has 0 aliphatic heterocycles. The lowest BCUT2D eigenvalue weighted by atomic mass is 10.1. The van der Waals surface area contributed by atoms with Gasteiger partial charge < -0.3 is 10.2 Å². The van der Waals surface area contributed by atoms with Gasteiger partial charge in [0, 0.05) is 17.1 Å². The number of anilines is 1. The number of carbonyl (C=O) groups excluding carboxylic acids is 2. The molecule has 0 spiro atoms. The first-order valence-electron chi connectivity index (χ1n) is 13.2. The van der Waals surface area contributed by atoms with E-state index in [0.717, 1.165) is 21.0 Å². The Balaban J connectivity index is 2.08. The van der Waals surface area contributed by atoms with Crippen LogP contribution in [0.4, 0.5) is 5.69 Å². The van der Waals surface area contributed by atoms with Crippen LogP contribution in [0, 0.1) is 13.8 Å². The van der Waals surface area contributed by atoms with Gasteiger partial charge >= 0.3 is 0 Å². The molecule has 0 radical (unpaired) electrons. The van der Waals surface area contributed by atoms with Crippen LogP contribution in [0.25, 0.3) is 0 Å². The first-order chi connectivity index (χ1) is 18.7. The molecule has 0 saturated carbocycles. The molecule has 0 bridgehead atoms. The number of amides is 2. The predicted octanol–water partition coefficient (Wildman–Crippen LogP) is 5.87. The van der Waals surface area contributed by atoms with Gasteiger partial charge in [-0.05, 0) is 94.1 Å². The molecule has 214 valence electrons. The summed E-state index contributed by atoms with van der Waals surface area (Å²) in [6.45, 7) is 11.0. The zero-order chi connectivity index (χ0) is 29.7. The average molecular weight is 584 g/mol. The van der Waals surface area contributed by atoms with Crippen molar-refractivity contribution in [1.82, 2.24) is 10.2 Å². The zero-order valence-corrected chi connectivity index (χ0v) is 25.5. The molecular formula is C31H38ClN3O4S. The number of nitrogens with one attached hydrogen (secondary N) is 1. The Kier molecular flexibility index (Phi) is 10.0. The van der Waals surface area contributed by atoms with Gasteiger partial charge in [0.1, 0.15) is 12.6 Å². The number of nitrogens with zero attached hydrogens (tertiary/aromatic N) is 2. The fraction of sp³-hybridized carbons (Fsp3) is 0.355. The topological polar surface area (TPSA) is 86.8 Å². The molecule has 9 heteroatoms. The summed E-state index contributed by atoms with van der Waals surface area (Å²) < 4.78 is 29.0. The summed E-state index contributed by atoms with van der Waals surface area (Å²) in [5.74, 6) is -0.784. The molecule has 2 amide bonds. The predicted molar refractivity (Wildman–Crippen MR) is 161 cm³/mol. The number of aryl methyl sites for hydroxylation is 2. The smallest absolute Gasteiger partial charge is 0.264 e. The Bertz CT molecular complexity index is 1440. The lowest BCUT2D eigenvalue weighted by Gasteiger charge is -2.35. The summed E-state index contributed by atoms with van der Waals surface area (Å²) in [6.07, 6.45) is 0.355. The molecule has 0 aromatic heterocycles. The molecular weight excluding hydrogens is 546 g/mol. The van der Waals surface area contributed by atoms with E-state index >= 15 is 0 Å². The monoisotopic (exact) mass is 583 g/mol. The third-order valence-corrected chi connectivity index (χ3v) is 8.58. The second-order valence-corrected chi connectivity index (χ2v) is 13.2. The minimum absolute atomic E-state index is 0.00931. The molecule has 0 aliphatic carbocycles. The van der Waals surface area contributed by atoms with Crippen molar-refractivity contribution in [2.75, 3.05) is 10.8 Å². The molecule has 7 nitrogen and oxygen atoms in total. The Morgan fingerprint density at radius 2 is 1.55 bits per heavy atom. The van der Waals surface area contributed by atoms with Crippen molar-refractivity contribution in [3.8, 4) is 0 Å². The van der Waals surface area contributed by atoms with E-state index < -0.39 is 34.1 Å². The highest BCUT2D eigenvalue weighted by molar-refractivity contribution is 7.92. The van der Waals surface area contributed by atoms with Gasteiger partial charge in [0.25, 0.3) is 10.0 Å². The van der Waals surface area contributed by atoms with Gasteiger partial charge in [-0.3, -0.25) is 13.9 Å². The van der Waals surface area contributed by atoms with Crippen LogP contribution >= 0.6 is 11.6 Å². The first-order valence-corrected chi connectivity index (χ1v) is 15.1. The van der Waals surface area contributed by atoms with Crippen molar-refractivity contribution in [3.05, 3.63) is 94.5 Å². The number of benzene rings is 3. The van der Waals surface area contributed by atoms with Crippen molar-refractivity contribution in [2.45, 2.75) is 71.0 Å². The molecule has 0 fully saturated rings. The summed E-state index contributed by atoms with van der Waals surface area (Å²) in [5, 5.41) is 3.37. The van der Waals surface area contributed by atoms with E-state index in [1.807, 2.05) is 77.9 Å². The van der Waals surface area contributed by atoms with Gasteiger partial charge in [0.05, 0.1) is 10.6 Å². The maximum Gasteiger partial charge on any atom is 0.264 e. The van der Waals surface area contributed by atoms with Crippen LogP contribution in [0.3, 0.4) is 0 Å². The molecule has 0 aliphatic rings. The van der Waals surface area contributed by atoms with Crippen LogP contribution in [0.2, 0.25) is 5.02 Å². The lowest BCUT2D eigenvalue weighted by molar-refractivity contribution is -0.141. The quantitative estimate of drug-likeness (QED) is 0.323. The second kappa shape index (κ2) is 12.9. The standard InChI is InChI=1S/C31H38ClN3O4S/c1-7-28(30(37)33-31(4,5)6)34(20-24-11-9-8-10-12-24)29(36)21-35(26-16-13-22(2)23(3)19-26)40(38,39)27-17-14-25(32)15-18-27/h8-19,28H,7,20-21H2,1-6H3,(H,33,37)/t28-/m0/s1. The maximum absolute atomic E-state index is 14.1. The maximum atomic E-state index is 14.1. The summed E-state index contributed by atoms with van der Waals surface area (Å²) >= 11 is 6.02. The summed E-state index contributed by atoms with van der Waals surface area (Å²) in [4.78, 5) is 29.0. The second-order valence-electron chi connectivity index (χ2n) is 10.9. The Morgan fingerprint density at radius 1 is 0.925 bits per heavy atom. The van der Waals surface area contributed by atoms with Gasteiger partial charge in [0.15, 0.2) is 0 Å². The van der Waals surface area contributed by atoms with Crippen LogP contribution in [-0.4, -0.2) is 43.3 Å². The minimum atomic E-state index is -4.16. The fourth-order valence-corrected chi connectivity index (χ4v) is 5.83. The van der Waals surface area contributed by atoms with Crippen LogP contribution in [0.15, 0.2) is 77.7 Å². The molecule has 0 saturated heterocycles. The summed E-state index contributed by atoms with van der Waals surface area (Å²) in [5.41, 5.74) is 2.57. The number of rotatable bonds is 10. The summed E-state index contributed by atoms with van der Waals surface area (Å²) in [6, 6.07) is 19.7. The Morgan fingerprint density at radius 3 is 2.10 bits per heavy atom. The zero-order valence-electron chi connectivity index (χ0n) is 23.9. The van der Waals surface area contributed by atoms with Gasteiger partial charge in [-0.1, -0.05) is 54.9 Å². The van der Waals surface area contributed by atoms with Crippen molar-refractivity contribution >= 4 is 39.1 Å². The van der Waals surface area contributed by atoms with Crippen molar-refractivity contribution in [2.24, 2.45) is 0 Å². The van der Waals surface area contributed by atoms with Crippen LogP contribution in [-0.2, 0) is 26.2 Å². The third kappa shape index (κ3) is 7.86. The minimum Gasteiger partial charge on any atom is -0.350 e. The molecule has 0 unspecified atom stereocenters. The summed E-state index contributed by atoms with van der Waals surface area (Å²) in [7, 11) is -4.16. The van der Waals surface area contributed by atoms with E-state index in [2.05, 4.69) is 5.32 Å². The van der Waals surface area contributed by atoms with Gasteiger partial charge in [-0.15, -0.1) is 0 Å². The van der Waals surface area contributed by atoms with Gasteiger partial charge in [0.2, 0.25) is 11.8 Å².